The molecule has 2 aromatic carbocycles. The number of hydrogen-bond donors (Lipinski definition) is 1. The van der Waals surface area contributed by atoms with Crippen molar-refractivity contribution in [3.05, 3.63) is 73.7 Å². The van der Waals surface area contributed by atoms with Gasteiger partial charge in [-0.3, -0.25) is 9.59 Å². The molecule has 1 atom stereocenters. The standard InChI is InChI=1S/C22H16Cl3F6NO2/c1-11-6-12(2-4-14(11)18(33)10-32-19(34)9-21(26,27)28)3-5-15(22(29,30)31)13-7-16(23)20(25)17(24)8-13/h2-8,15H,9-10H2,1H3,(H,32,34)/b5-3+. The third kappa shape index (κ3) is 7.92. The molecule has 0 fully saturated rings. The monoisotopic (exact) mass is 545 g/mol. The fourth-order valence-electron chi connectivity index (χ4n) is 2.99. The number of rotatable bonds is 7. The van der Waals surface area contributed by atoms with Crippen molar-refractivity contribution in [2.45, 2.75) is 31.6 Å². The third-order valence-electron chi connectivity index (χ3n) is 4.56. The molecule has 0 aliphatic rings. The molecule has 0 bridgehead atoms. The largest absolute Gasteiger partial charge is 0.399 e. The second kappa shape index (κ2) is 11.0. The van der Waals surface area contributed by atoms with Crippen molar-refractivity contribution in [3.8, 4) is 0 Å². The first-order valence-electron chi connectivity index (χ1n) is 9.45. The topological polar surface area (TPSA) is 46.2 Å². The van der Waals surface area contributed by atoms with E-state index in [2.05, 4.69) is 0 Å². The van der Waals surface area contributed by atoms with E-state index in [9.17, 15) is 35.9 Å². The summed E-state index contributed by atoms with van der Waals surface area (Å²) in [5, 5.41) is 1.56. The van der Waals surface area contributed by atoms with Crippen LogP contribution in [0, 0.1) is 6.92 Å². The zero-order chi connectivity index (χ0) is 25.8. The Morgan fingerprint density at radius 1 is 1.00 bits per heavy atom. The van der Waals surface area contributed by atoms with Gasteiger partial charge in [0, 0.05) is 5.56 Å². The number of benzene rings is 2. The number of carbonyl (C=O) groups excluding carboxylic acids is 2. The average molecular weight is 547 g/mol. The molecule has 3 nitrogen and oxygen atoms in total. The van der Waals surface area contributed by atoms with Crippen LogP contribution in [0.15, 0.2) is 36.4 Å². The first-order valence-corrected chi connectivity index (χ1v) is 10.6. The Kier molecular flexibility index (Phi) is 9.07. The van der Waals surface area contributed by atoms with Crippen LogP contribution in [0.25, 0.3) is 6.08 Å². The molecule has 0 saturated carbocycles. The molecule has 0 heterocycles. The lowest BCUT2D eigenvalue weighted by Gasteiger charge is -2.18. The van der Waals surface area contributed by atoms with Crippen molar-refractivity contribution < 1.29 is 35.9 Å². The van der Waals surface area contributed by atoms with Gasteiger partial charge in [-0.15, -0.1) is 0 Å². The summed E-state index contributed by atoms with van der Waals surface area (Å²) in [6.07, 6.45) is -9.00. The van der Waals surface area contributed by atoms with E-state index in [1.54, 1.807) is 0 Å². The number of halogens is 9. The minimum absolute atomic E-state index is 0.0672. The first-order chi connectivity index (χ1) is 15.6. The Morgan fingerprint density at radius 3 is 2.09 bits per heavy atom. The molecule has 0 aromatic heterocycles. The second-order valence-corrected chi connectivity index (χ2v) is 8.44. The number of alkyl halides is 6. The van der Waals surface area contributed by atoms with Crippen LogP contribution in [0.2, 0.25) is 15.1 Å². The minimum atomic E-state index is -4.70. The summed E-state index contributed by atoms with van der Waals surface area (Å²) in [6, 6.07) is 6.24. The van der Waals surface area contributed by atoms with E-state index in [-0.39, 0.29) is 26.2 Å². The Labute approximate surface area is 205 Å². The van der Waals surface area contributed by atoms with Gasteiger partial charge < -0.3 is 5.32 Å². The predicted octanol–water partition coefficient (Wildman–Crippen LogP) is 7.57. The van der Waals surface area contributed by atoms with Crippen LogP contribution in [0.5, 0.6) is 0 Å². The van der Waals surface area contributed by atoms with Crippen LogP contribution < -0.4 is 5.32 Å². The Bertz CT molecular complexity index is 1090. The molecule has 34 heavy (non-hydrogen) atoms. The van der Waals surface area contributed by atoms with Gasteiger partial charge in [-0.2, -0.15) is 26.3 Å². The normalized spacial score (nSPS) is 13.2. The van der Waals surface area contributed by atoms with Crippen molar-refractivity contribution in [2.75, 3.05) is 6.54 Å². The number of Topliss-reactive ketones (excluding diaryl/α,β-unsaturated/α-hetero) is 1. The van der Waals surface area contributed by atoms with Crippen LogP contribution in [0.3, 0.4) is 0 Å². The molecule has 12 heteroatoms. The number of amides is 1. The summed E-state index contributed by atoms with van der Waals surface area (Å²) in [5.41, 5.74) is 0.572. The predicted molar refractivity (Wildman–Crippen MR) is 118 cm³/mol. The number of aryl methyl sites for hydroxylation is 1. The van der Waals surface area contributed by atoms with E-state index in [1.807, 2.05) is 5.32 Å². The molecule has 0 spiro atoms. The molecule has 0 aliphatic carbocycles. The van der Waals surface area contributed by atoms with Crippen LogP contribution in [-0.2, 0) is 4.79 Å². The van der Waals surface area contributed by atoms with Gasteiger partial charge in [0.15, 0.2) is 5.78 Å². The highest BCUT2D eigenvalue weighted by Crippen LogP contribution is 2.41. The number of allylic oxidation sites excluding steroid dienone is 1. The molecular formula is C22H16Cl3F6NO2. The summed E-state index contributed by atoms with van der Waals surface area (Å²) in [5.74, 6) is -4.05. The summed E-state index contributed by atoms with van der Waals surface area (Å²) in [4.78, 5) is 23.5. The highest BCUT2D eigenvalue weighted by Gasteiger charge is 2.39. The summed E-state index contributed by atoms with van der Waals surface area (Å²) in [7, 11) is 0. The molecule has 184 valence electrons. The zero-order valence-corrected chi connectivity index (χ0v) is 19.5. The Morgan fingerprint density at radius 2 is 1.59 bits per heavy atom. The van der Waals surface area contributed by atoms with Gasteiger partial charge in [0.05, 0.1) is 27.5 Å². The van der Waals surface area contributed by atoms with E-state index >= 15 is 0 Å². The van der Waals surface area contributed by atoms with Gasteiger partial charge >= 0.3 is 12.4 Å². The molecule has 1 N–H and O–H groups in total. The second-order valence-electron chi connectivity index (χ2n) is 7.24. The number of ketones is 1. The van der Waals surface area contributed by atoms with Gasteiger partial charge in [0.2, 0.25) is 5.91 Å². The lowest BCUT2D eigenvalue weighted by atomic mass is 9.96. The molecule has 1 unspecified atom stereocenters. The quantitative estimate of drug-likeness (QED) is 0.221. The number of carbonyl (C=O) groups is 2. The molecule has 0 saturated heterocycles. The lowest BCUT2D eigenvalue weighted by molar-refractivity contribution is -0.153. The maximum absolute atomic E-state index is 13.7. The molecule has 1 amide bonds. The average Bonchev–Trinajstić information content (AvgIpc) is 2.68. The minimum Gasteiger partial charge on any atom is -0.348 e. The van der Waals surface area contributed by atoms with E-state index < -0.39 is 42.9 Å². The third-order valence-corrected chi connectivity index (χ3v) is 5.75. The number of nitrogens with one attached hydrogen (secondary N) is 1. The van der Waals surface area contributed by atoms with E-state index in [0.29, 0.717) is 11.1 Å². The highest BCUT2D eigenvalue weighted by atomic mass is 35.5. The van der Waals surface area contributed by atoms with Crippen molar-refractivity contribution in [1.29, 1.82) is 0 Å². The lowest BCUT2D eigenvalue weighted by Crippen LogP contribution is -2.33. The van der Waals surface area contributed by atoms with Gasteiger partial charge in [-0.25, -0.2) is 0 Å². The van der Waals surface area contributed by atoms with Crippen LogP contribution >= 0.6 is 34.8 Å². The first kappa shape index (κ1) is 28.0. The fraction of sp³-hybridized carbons (Fsp3) is 0.273. The van der Waals surface area contributed by atoms with Gasteiger partial charge in [-0.05, 0) is 35.7 Å². The highest BCUT2D eigenvalue weighted by molar-refractivity contribution is 6.48. The van der Waals surface area contributed by atoms with Crippen LogP contribution in [0.4, 0.5) is 26.3 Å². The summed E-state index contributed by atoms with van der Waals surface area (Å²) >= 11 is 17.5. The summed E-state index contributed by atoms with van der Waals surface area (Å²) < 4.78 is 77.5. The van der Waals surface area contributed by atoms with Crippen LogP contribution in [0.1, 0.15) is 39.4 Å². The maximum atomic E-state index is 13.7. The van der Waals surface area contributed by atoms with Crippen molar-refractivity contribution in [1.82, 2.24) is 5.32 Å². The van der Waals surface area contributed by atoms with Crippen molar-refractivity contribution >= 4 is 52.6 Å². The van der Waals surface area contributed by atoms with E-state index in [0.717, 1.165) is 18.2 Å². The van der Waals surface area contributed by atoms with E-state index in [1.165, 1.54) is 31.2 Å². The van der Waals surface area contributed by atoms with Gasteiger partial charge in [0.1, 0.15) is 6.42 Å². The molecule has 2 rings (SSSR count). The SMILES string of the molecule is Cc1cc(/C=C/C(c2cc(Cl)c(Cl)c(Cl)c2)C(F)(F)F)ccc1C(=O)CNC(=O)CC(F)(F)F. The number of hydrogen-bond acceptors (Lipinski definition) is 2. The van der Waals surface area contributed by atoms with Gasteiger partial charge in [-0.1, -0.05) is 65.2 Å². The molecule has 0 aliphatic heterocycles. The fourth-order valence-corrected chi connectivity index (χ4v) is 3.61. The molecular weight excluding hydrogens is 531 g/mol. The zero-order valence-electron chi connectivity index (χ0n) is 17.3. The van der Waals surface area contributed by atoms with Crippen molar-refractivity contribution in [3.63, 3.8) is 0 Å². The maximum Gasteiger partial charge on any atom is 0.399 e. The molecule has 0 radical (unpaired) electrons. The van der Waals surface area contributed by atoms with Gasteiger partial charge in [0.25, 0.3) is 0 Å². The smallest absolute Gasteiger partial charge is 0.348 e. The van der Waals surface area contributed by atoms with Crippen LogP contribution in [-0.4, -0.2) is 30.6 Å². The Balaban J connectivity index is 2.20. The van der Waals surface area contributed by atoms with Crippen molar-refractivity contribution in [2.24, 2.45) is 0 Å². The Hall–Kier alpha value is -2.23. The summed E-state index contributed by atoms with van der Waals surface area (Å²) in [6.45, 7) is 0.848. The molecule has 2 aromatic rings. The van der Waals surface area contributed by atoms with E-state index in [4.69, 9.17) is 34.8 Å².